The second-order valence-corrected chi connectivity index (χ2v) is 5.51. The van der Waals surface area contributed by atoms with Gasteiger partial charge in [0.05, 0.1) is 0 Å². The Labute approximate surface area is 127 Å². The van der Waals surface area contributed by atoms with E-state index in [2.05, 4.69) is 13.8 Å². The fourth-order valence-corrected chi connectivity index (χ4v) is 1.85. The average Bonchev–Trinajstić information content (AvgIpc) is 2.45. The first-order chi connectivity index (χ1) is 9.57. The number of ether oxygens (including phenoxy) is 1. The molecule has 0 radical (unpaired) electrons. The van der Waals surface area contributed by atoms with E-state index in [4.69, 9.17) is 4.74 Å². The Bertz CT molecular complexity index is 205. The molecule has 0 spiro atoms. The summed E-state index contributed by atoms with van der Waals surface area (Å²) in [6.45, 7) is 10.1. The number of methoxy groups -OCH3 is 1. The van der Waals surface area contributed by atoms with Crippen molar-refractivity contribution in [3.63, 3.8) is 0 Å². The van der Waals surface area contributed by atoms with Crippen LogP contribution in [0, 0.1) is 5.92 Å². The molecule has 0 aliphatic heterocycles. The van der Waals surface area contributed by atoms with Gasteiger partial charge >= 0.3 is 0 Å². The van der Waals surface area contributed by atoms with Gasteiger partial charge in [0, 0.05) is 33.7 Å². The van der Waals surface area contributed by atoms with Gasteiger partial charge in [0.15, 0.2) is 0 Å². The van der Waals surface area contributed by atoms with Crippen molar-refractivity contribution < 1.29 is 9.53 Å². The summed E-state index contributed by atoms with van der Waals surface area (Å²) in [5.74, 6) is 0.909. The molecular weight excluding hydrogens is 250 g/mol. The Morgan fingerprint density at radius 3 is 2.15 bits per heavy atom. The van der Waals surface area contributed by atoms with Crippen molar-refractivity contribution in [2.75, 3.05) is 27.3 Å². The SMILES string of the molecule is CC.COCCCCCCCN(C)C(=O)CCC(C)C. The Balaban J connectivity index is 0. The van der Waals surface area contributed by atoms with Crippen LogP contribution in [0.3, 0.4) is 0 Å². The molecule has 0 bridgehead atoms. The Morgan fingerprint density at radius 2 is 1.60 bits per heavy atom. The van der Waals surface area contributed by atoms with Crippen molar-refractivity contribution in [3.05, 3.63) is 0 Å². The Morgan fingerprint density at radius 1 is 1.05 bits per heavy atom. The number of hydrogen-bond acceptors (Lipinski definition) is 2. The minimum Gasteiger partial charge on any atom is -0.385 e. The molecule has 0 rings (SSSR count). The van der Waals surface area contributed by atoms with Crippen LogP contribution in [-0.4, -0.2) is 38.1 Å². The summed E-state index contributed by atoms with van der Waals surface area (Å²) in [7, 11) is 3.67. The summed E-state index contributed by atoms with van der Waals surface area (Å²) >= 11 is 0. The maximum Gasteiger partial charge on any atom is 0.222 e. The number of unbranched alkanes of at least 4 members (excludes halogenated alkanes) is 4. The second-order valence-electron chi connectivity index (χ2n) is 5.51. The van der Waals surface area contributed by atoms with E-state index in [0.717, 1.165) is 32.4 Å². The van der Waals surface area contributed by atoms with Gasteiger partial charge in [-0.3, -0.25) is 4.79 Å². The second kappa shape index (κ2) is 16.5. The predicted molar refractivity (Wildman–Crippen MR) is 88.0 cm³/mol. The zero-order chi connectivity index (χ0) is 15.8. The third-order valence-corrected chi connectivity index (χ3v) is 3.20. The number of nitrogens with zero attached hydrogens (tertiary/aromatic N) is 1. The van der Waals surface area contributed by atoms with Gasteiger partial charge in [-0.25, -0.2) is 0 Å². The van der Waals surface area contributed by atoms with E-state index < -0.39 is 0 Å². The standard InChI is InChI=1S/C15H31NO2.C2H6/c1-14(2)10-11-15(17)16(3)12-8-6-5-7-9-13-18-4;1-2/h14H,5-13H2,1-4H3;1-2H3. The summed E-state index contributed by atoms with van der Waals surface area (Å²) in [5, 5.41) is 0. The monoisotopic (exact) mass is 287 g/mol. The van der Waals surface area contributed by atoms with Gasteiger partial charge in [-0.2, -0.15) is 0 Å². The third-order valence-electron chi connectivity index (χ3n) is 3.20. The molecule has 0 aromatic carbocycles. The molecule has 0 aromatic heterocycles. The summed E-state index contributed by atoms with van der Waals surface area (Å²) in [5.41, 5.74) is 0. The van der Waals surface area contributed by atoms with E-state index in [1.54, 1.807) is 7.11 Å². The Hall–Kier alpha value is -0.570. The minimum atomic E-state index is 0.295. The number of rotatable bonds is 11. The number of carbonyl (C=O) groups excluding carboxylic acids is 1. The molecule has 0 aliphatic carbocycles. The molecule has 0 aliphatic rings. The van der Waals surface area contributed by atoms with E-state index in [-0.39, 0.29) is 0 Å². The molecule has 0 aromatic rings. The van der Waals surface area contributed by atoms with Gasteiger partial charge in [0.25, 0.3) is 0 Å². The van der Waals surface area contributed by atoms with Crippen molar-refractivity contribution in [2.24, 2.45) is 5.92 Å². The van der Waals surface area contributed by atoms with Crippen LogP contribution in [0.25, 0.3) is 0 Å². The normalized spacial score (nSPS) is 10.2. The smallest absolute Gasteiger partial charge is 0.222 e. The highest BCUT2D eigenvalue weighted by molar-refractivity contribution is 5.75. The molecule has 1 amide bonds. The van der Waals surface area contributed by atoms with E-state index in [0.29, 0.717) is 18.2 Å². The lowest BCUT2D eigenvalue weighted by Crippen LogP contribution is -2.27. The van der Waals surface area contributed by atoms with Crippen molar-refractivity contribution >= 4 is 5.91 Å². The van der Waals surface area contributed by atoms with Gasteiger partial charge in [-0.1, -0.05) is 47.0 Å². The first-order valence-corrected chi connectivity index (χ1v) is 8.30. The molecule has 0 fully saturated rings. The van der Waals surface area contributed by atoms with Gasteiger partial charge in [-0.15, -0.1) is 0 Å². The fourth-order valence-electron chi connectivity index (χ4n) is 1.85. The number of amides is 1. The van der Waals surface area contributed by atoms with Gasteiger partial charge in [-0.05, 0) is 25.2 Å². The number of hydrogen-bond donors (Lipinski definition) is 0. The molecule has 3 heteroatoms. The molecule has 122 valence electrons. The predicted octanol–water partition coefficient (Wildman–Crippen LogP) is 4.50. The highest BCUT2D eigenvalue weighted by Gasteiger charge is 2.08. The van der Waals surface area contributed by atoms with Crippen LogP contribution < -0.4 is 0 Å². The largest absolute Gasteiger partial charge is 0.385 e. The molecule has 3 nitrogen and oxygen atoms in total. The van der Waals surface area contributed by atoms with E-state index >= 15 is 0 Å². The van der Waals surface area contributed by atoms with E-state index in [1.165, 1.54) is 19.3 Å². The fraction of sp³-hybridized carbons (Fsp3) is 0.941. The van der Waals surface area contributed by atoms with Crippen molar-refractivity contribution in [3.8, 4) is 0 Å². The van der Waals surface area contributed by atoms with Gasteiger partial charge in [0.2, 0.25) is 5.91 Å². The van der Waals surface area contributed by atoms with Crippen LogP contribution in [0.1, 0.15) is 72.6 Å². The maximum atomic E-state index is 11.8. The van der Waals surface area contributed by atoms with Crippen LogP contribution >= 0.6 is 0 Å². The van der Waals surface area contributed by atoms with Crippen LogP contribution in [0.5, 0.6) is 0 Å². The molecular formula is C17H37NO2. The highest BCUT2D eigenvalue weighted by atomic mass is 16.5. The first kappa shape index (κ1) is 21.7. The lowest BCUT2D eigenvalue weighted by molar-refractivity contribution is -0.130. The quantitative estimate of drug-likeness (QED) is 0.523. The maximum absolute atomic E-state index is 11.8. The van der Waals surface area contributed by atoms with Crippen LogP contribution in [0.4, 0.5) is 0 Å². The summed E-state index contributed by atoms with van der Waals surface area (Å²) in [4.78, 5) is 13.6. The van der Waals surface area contributed by atoms with Crippen molar-refractivity contribution in [2.45, 2.75) is 72.6 Å². The third kappa shape index (κ3) is 15.5. The van der Waals surface area contributed by atoms with Gasteiger partial charge < -0.3 is 9.64 Å². The highest BCUT2D eigenvalue weighted by Crippen LogP contribution is 2.07. The zero-order valence-electron chi connectivity index (χ0n) is 14.7. The van der Waals surface area contributed by atoms with Crippen LogP contribution in [0.2, 0.25) is 0 Å². The van der Waals surface area contributed by atoms with Crippen LogP contribution in [-0.2, 0) is 9.53 Å². The Kier molecular flexibility index (Phi) is 17.9. The lowest BCUT2D eigenvalue weighted by Gasteiger charge is -2.17. The van der Waals surface area contributed by atoms with Gasteiger partial charge in [0.1, 0.15) is 0 Å². The molecule has 0 saturated heterocycles. The van der Waals surface area contributed by atoms with E-state index in [1.807, 2.05) is 25.8 Å². The average molecular weight is 287 g/mol. The lowest BCUT2D eigenvalue weighted by atomic mass is 10.1. The summed E-state index contributed by atoms with van der Waals surface area (Å²) in [6.07, 6.45) is 7.67. The molecule has 0 N–H and O–H groups in total. The molecule has 0 saturated carbocycles. The molecule has 0 atom stereocenters. The van der Waals surface area contributed by atoms with E-state index in [9.17, 15) is 4.79 Å². The summed E-state index contributed by atoms with van der Waals surface area (Å²) < 4.78 is 5.01. The van der Waals surface area contributed by atoms with Crippen molar-refractivity contribution in [1.82, 2.24) is 4.90 Å². The minimum absolute atomic E-state index is 0.295. The topological polar surface area (TPSA) is 29.5 Å². The number of carbonyl (C=O) groups is 1. The molecule has 0 unspecified atom stereocenters. The van der Waals surface area contributed by atoms with Crippen LogP contribution in [0.15, 0.2) is 0 Å². The molecule has 0 heterocycles. The summed E-state index contributed by atoms with van der Waals surface area (Å²) in [6, 6.07) is 0. The molecule has 20 heavy (non-hydrogen) atoms. The zero-order valence-corrected chi connectivity index (χ0v) is 14.7. The van der Waals surface area contributed by atoms with Crippen molar-refractivity contribution in [1.29, 1.82) is 0 Å². The first-order valence-electron chi connectivity index (χ1n) is 8.30.